The van der Waals surface area contributed by atoms with E-state index in [2.05, 4.69) is 10.5 Å². The summed E-state index contributed by atoms with van der Waals surface area (Å²) in [6.45, 7) is 4.43. The van der Waals surface area contributed by atoms with E-state index in [4.69, 9.17) is 14.2 Å². The lowest BCUT2D eigenvalue weighted by Gasteiger charge is -2.35. The van der Waals surface area contributed by atoms with E-state index in [0.29, 0.717) is 18.3 Å². The number of carbonyl (C=O) groups excluding carboxylic acids is 1. The van der Waals surface area contributed by atoms with Gasteiger partial charge < -0.3 is 14.6 Å². The van der Waals surface area contributed by atoms with Crippen LogP contribution in [0.5, 0.6) is 5.75 Å². The topological polar surface area (TPSA) is 80.5 Å². The zero-order chi connectivity index (χ0) is 25.1. The van der Waals surface area contributed by atoms with E-state index in [0.717, 1.165) is 38.7 Å². The van der Waals surface area contributed by atoms with Crippen LogP contribution in [0.3, 0.4) is 0 Å². The van der Waals surface area contributed by atoms with Crippen molar-refractivity contribution < 1.29 is 14.1 Å². The van der Waals surface area contributed by atoms with Crippen LogP contribution in [0.2, 0.25) is 0 Å². The summed E-state index contributed by atoms with van der Waals surface area (Å²) in [6.07, 6.45) is 2.04. The first-order valence-electron chi connectivity index (χ1n) is 11.7. The fourth-order valence-corrected chi connectivity index (χ4v) is 4.68. The Hall–Kier alpha value is -4.04. The van der Waals surface area contributed by atoms with Crippen LogP contribution in [0.4, 0.5) is 10.5 Å². The molecule has 36 heavy (non-hydrogen) atoms. The Balaban J connectivity index is 1.60. The van der Waals surface area contributed by atoms with E-state index in [-0.39, 0.29) is 6.03 Å². The molecule has 0 spiro atoms. The van der Waals surface area contributed by atoms with Crippen molar-refractivity contribution in [1.82, 2.24) is 15.5 Å². The average molecular weight is 499 g/mol. The highest BCUT2D eigenvalue weighted by molar-refractivity contribution is 7.98. The third kappa shape index (κ3) is 4.59. The summed E-state index contributed by atoms with van der Waals surface area (Å²) in [5.74, 6) is 1.62. The van der Waals surface area contributed by atoms with Crippen molar-refractivity contribution in [2.75, 3.05) is 17.8 Å². The van der Waals surface area contributed by atoms with Crippen LogP contribution in [0.15, 0.2) is 94.0 Å². The van der Waals surface area contributed by atoms with Gasteiger partial charge in [-0.2, -0.15) is 4.98 Å². The lowest BCUT2D eigenvalue weighted by Crippen LogP contribution is -2.46. The minimum atomic E-state index is -0.472. The Morgan fingerprint density at radius 3 is 2.42 bits per heavy atom. The number of ether oxygens (including phenoxy) is 1. The van der Waals surface area contributed by atoms with Crippen LogP contribution in [0.25, 0.3) is 17.0 Å². The van der Waals surface area contributed by atoms with E-state index in [9.17, 15) is 4.79 Å². The average Bonchev–Trinajstić information content (AvgIpc) is 3.39. The van der Waals surface area contributed by atoms with Gasteiger partial charge in [0.2, 0.25) is 5.82 Å². The SMILES string of the molecule is CCOc1ccc(C2NC(=O)N(c3ccccc3)C(C)=C2c2nc(-c3ccc(SC)cc3)no2)cc1. The number of carbonyl (C=O) groups is 1. The summed E-state index contributed by atoms with van der Waals surface area (Å²) in [5.41, 5.74) is 3.96. The predicted octanol–water partition coefficient (Wildman–Crippen LogP) is 6.56. The van der Waals surface area contributed by atoms with Gasteiger partial charge in [-0.05, 0) is 74.2 Å². The van der Waals surface area contributed by atoms with E-state index >= 15 is 0 Å². The minimum Gasteiger partial charge on any atom is -0.494 e. The molecule has 0 radical (unpaired) electrons. The minimum absolute atomic E-state index is 0.228. The zero-order valence-corrected chi connectivity index (χ0v) is 21.1. The molecule has 0 saturated heterocycles. The van der Waals surface area contributed by atoms with E-state index in [1.54, 1.807) is 16.7 Å². The smallest absolute Gasteiger partial charge is 0.326 e. The molecule has 1 unspecified atom stereocenters. The number of anilines is 1. The van der Waals surface area contributed by atoms with Gasteiger partial charge >= 0.3 is 6.03 Å². The largest absolute Gasteiger partial charge is 0.494 e. The summed E-state index contributed by atoms with van der Waals surface area (Å²) >= 11 is 1.67. The Morgan fingerprint density at radius 1 is 1.03 bits per heavy atom. The molecule has 2 amide bonds. The Bertz CT molecular complexity index is 1380. The van der Waals surface area contributed by atoms with Gasteiger partial charge in [0, 0.05) is 16.2 Å². The molecule has 1 N–H and O–H groups in total. The molecule has 1 atom stereocenters. The van der Waals surface area contributed by atoms with Crippen LogP contribution in [-0.2, 0) is 0 Å². The summed E-state index contributed by atoms with van der Waals surface area (Å²) in [6, 6.07) is 24.5. The highest BCUT2D eigenvalue weighted by atomic mass is 32.2. The Labute approximate surface area is 214 Å². The number of hydrogen-bond donors (Lipinski definition) is 1. The summed E-state index contributed by atoms with van der Waals surface area (Å²) in [7, 11) is 0. The van der Waals surface area contributed by atoms with Gasteiger partial charge in [-0.3, -0.25) is 4.90 Å². The Morgan fingerprint density at radius 2 is 1.75 bits per heavy atom. The second-order valence-corrected chi connectivity index (χ2v) is 9.09. The van der Waals surface area contributed by atoms with Crippen molar-refractivity contribution in [1.29, 1.82) is 0 Å². The van der Waals surface area contributed by atoms with Crippen molar-refractivity contribution in [3.63, 3.8) is 0 Å². The standard InChI is InChI=1S/C28H26N4O3S/c1-4-34-22-14-10-19(11-15-22)25-24(18(2)32(28(33)29-25)21-8-6-5-7-9-21)27-30-26(31-35-27)20-12-16-23(36-3)17-13-20/h5-17,25H,4H2,1-3H3,(H,29,33). The third-order valence-corrected chi connectivity index (χ3v) is 6.77. The fraction of sp³-hybridized carbons (Fsp3) is 0.179. The van der Waals surface area contributed by atoms with E-state index in [1.807, 2.05) is 99.0 Å². The maximum absolute atomic E-state index is 13.3. The van der Waals surface area contributed by atoms with Gasteiger partial charge in [0.15, 0.2) is 0 Å². The molecule has 5 rings (SSSR count). The molecule has 8 heteroatoms. The van der Waals surface area contributed by atoms with Crippen molar-refractivity contribution in [2.45, 2.75) is 24.8 Å². The molecule has 1 aromatic heterocycles. The highest BCUT2D eigenvalue weighted by Crippen LogP contribution is 2.39. The van der Waals surface area contributed by atoms with Crippen LogP contribution in [0.1, 0.15) is 31.3 Å². The molecule has 1 aliphatic rings. The molecular weight excluding hydrogens is 472 g/mol. The summed E-state index contributed by atoms with van der Waals surface area (Å²) in [4.78, 5) is 20.8. The van der Waals surface area contributed by atoms with Gasteiger partial charge in [-0.15, -0.1) is 11.8 Å². The van der Waals surface area contributed by atoms with Gasteiger partial charge in [0.05, 0.1) is 23.9 Å². The first kappa shape index (κ1) is 23.7. The van der Waals surface area contributed by atoms with Crippen LogP contribution in [-0.4, -0.2) is 29.0 Å². The molecular formula is C28H26N4O3S. The van der Waals surface area contributed by atoms with Crippen LogP contribution >= 0.6 is 11.8 Å². The molecule has 2 heterocycles. The van der Waals surface area contributed by atoms with E-state index < -0.39 is 6.04 Å². The number of aromatic nitrogens is 2. The summed E-state index contributed by atoms with van der Waals surface area (Å²) in [5, 5.41) is 7.39. The molecule has 0 bridgehead atoms. The van der Waals surface area contributed by atoms with Gasteiger partial charge in [-0.1, -0.05) is 35.5 Å². The number of rotatable bonds is 7. The lowest BCUT2D eigenvalue weighted by molar-refractivity contribution is 0.244. The van der Waals surface area contributed by atoms with Crippen molar-refractivity contribution in [2.24, 2.45) is 0 Å². The third-order valence-electron chi connectivity index (χ3n) is 6.03. The van der Waals surface area contributed by atoms with E-state index in [1.165, 1.54) is 0 Å². The number of amides is 2. The molecule has 7 nitrogen and oxygen atoms in total. The second kappa shape index (κ2) is 10.3. The first-order chi connectivity index (χ1) is 17.6. The number of thioether (sulfide) groups is 1. The maximum Gasteiger partial charge on any atom is 0.326 e. The summed E-state index contributed by atoms with van der Waals surface area (Å²) < 4.78 is 11.4. The number of hydrogen-bond acceptors (Lipinski definition) is 6. The molecule has 4 aromatic rings. The van der Waals surface area contributed by atoms with Gasteiger partial charge in [-0.25, -0.2) is 4.79 Å². The molecule has 0 saturated carbocycles. The van der Waals surface area contributed by atoms with Gasteiger partial charge in [0.1, 0.15) is 5.75 Å². The monoisotopic (exact) mass is 498 g/mol. The lowest BCUT2D eigenvalue weighted by atomic mass is 9.94. The highest BCUT2D eigenvalue weighted by Gasteiger charge is 2.36. The van der Waals surface area contributed by atoms with Gasteiger partial charge in [0.25, 0.3) is 5.89 Å². The normalized spacial score (nSPS) is 15.7. The molecule has 0 fully saturated rings. The van der Waals surface area contributed by atoms with Crippen molar-refractivity contribution >= 4 is 29.1 Å². The predicted molar refractivity (Wildman–Crippen MR) is 142 cm³/mol. The number of para-hydroxylation sites is 1. The Kier molecular flexibility index (Phi) is 6.77. The zero-order valence-electron chi connectivity index (χ0n) is 20.3. The molecule has 3 aromatic carbocycles. The van der Waals surface area contributed by atoms with Crippen LogP contribution < -0.4 is 15.0 Å². The fourth-order valence-electron chi connectivity index (χ4n) is 4.27. The maximum atomic E-state index is 13.3. The molecule has 182 valence electrons. The number of urea groups is 1. The molecule has 1 aliphatic heterocycles. The number of benzene rings is 3. The quantitative estimate of drug-likeness (QED) is 0.291. The molecule has 0 aliphatic carbocycles. The second-order valence-electron chi connectivity index (χ2n) is 8.21. The number of nitrogens with one attached hydrogen (secondary N) is 1. The number of allylic oxidation sites excluding steroid dienone is 1. The van der Waals surface area contributed by atoms with Crippen LogP contribution in [0, 0.1) is 0 Å². The van der Waals surface area contributed by atoms with Crippen molar-refractivity contribution in [3.8, 4) is 17.1 Å². The number of nitrogens with zero attached hydrogens (tertiary/aromatic N) is 3. The van der Waals surface area contributed by atoms with Crippen molar-refractivity contribution in [3.05, 3.63) is 96.0 Å². The first-order valence-corrected chi connectivity index (χ1v) is 12.9.